The average Bonchev–Trinajstić information content (AvgIpc) is 3.07. The number of benzene rings is 1. The number of pyridine rings is 2. The minimum absolute atomic E-state index is 0.115. The van der Waals surface area contributed by atoms with Crippen LogP contribution in [0, 0.1) is 0 Å². The Morgan fingerprint density at radius 3 is 2.88 bits per heavy atom. The highest BCUT2D eigenvalue weighted by atomic mass is 32.1. The molecule has 3 heterocycles. The van der Waals surface area contributed by atoms with Gasteiger partial charge in [0.15, 0.2) is 0 Å². The van der Waals surface area contributed by atoms with Gasteiger partial charge in [-0.05, 0) is 36.4 Å². The molecule has 1 amide bonds. The first-order valence-corrected chi connectivity index (χ1v) is 8.61. The zero-order valence-corrected chi connectivity index (χ0v) is 14.3. The van der Waals surface area contributed by atoms with Gasteiger partial charge in [-0.3, -0.25) is 9.78 Å². The number of rotatable bonds is 4. The quantitative estimate of drug-likeness (QED) is 0.609. The molecule has 6 heteroatoms. The van der Waals surface area contributed by atoms with E-state index >= 15 is 0 Å². The smallest absolute Gasteiger partial charge is 0.261 e. The molecule has 0 atom stereocenters. The summed E-state index contributed by atoms with van der Waals surface area (Å²) in [5.74, 6) is 0.652. The summed E-state index contributed by atoms with van der Waals surface area (Å²) in [6, 6.07) is 15.3. The van der Waals surface area contributed by atoms with Crippen molar-refractivity contribution in [1.82, 2.24) is 15.3 Å². The summed E-state index contributed by atoms with van der Waals surface area (Å²) in [6.45, 7) is 0.403. The maximum atomic E-state index is 12.4. The van der Waals surface area contributed by atoms with Crippen molar-refractivity contribution in [3.05, 3.63) is 65.3 Å². The average molecular weight is 349 g/mol. The maximum Gasteiger partial charge on any atom is 0.261 e. The van der Waals surface area contributed by atoms with Gasteiger partial charge in [-0.2, -0.15) is 0 Å². The van der Waals surface area contributed by atoms with Crippen molar-refractivity contribution in [3.8, 4) is 5.75 Å². The minimum atomic E-state index is -0.115. The van der Waals surface area contributed by atoms with Crippen LogP contribution in [0.2, 0.25) is 0 Å². The normalized spacial score (nSPS) is 10.9. The number of ether oxygens (including phenoxy) is 1. The van der Waals surface area contributed by atoms with Crippen LogP contribution < -0.4 is 10.1 Å². The van der Waals surface area contributed by atoms with Crippen LogP contribution in [-0.2, 0) is 6.54 Å². The fourth-order valence-electron chi connectivity index (χ4n) is 2.61. The zero-order valence-electron chi connectivity index (χ0n) is 13.5. The predicted octanol–water partition coefficient (Wildman–Crippen LogP) is 3.78. The second-order valence-electron chi connectivity index (χ2n) is 5.56. The highest BCUT2D eigenvalue weighted by Crippen LogP contribution is 2.29. The number of nitrogens with zero attached hydrogens (tertiary/aromatic N) is 2. The van der Waals surface area contributed by atoms with E-state index in [0.717, 1.165) is 32.6 Å². The van der Waals surface area contributed by atoms with Gasteiger partial charge in [0.05, 0.1) is 29.7 Å². The first-order chi connectivity index (χ1) is 12.2. The molecule has 4 rings (SSSR count). The van der Waals surface area contributed by atoms with E-state index in [0.29, 0.717) is 11.4 Å². The van der Waals surface area contributed by atoms with Crippen LogP contribution >= 0.6 is 11.3 Å². The fraction of sp³-hybridized carbons (Fsp3) is 0.105. The number of carbonyl (C=O) groups excluding carboxylic acids is 1. The van der Waals surface area contributed by atoms with E-state index in [-0.39, 0.29) is 5.91 Å². The van der Waals surface area contributed by atoms with E-state index in [4.69, 9.17) is 4.74 Å². The Hall–Kier alpha value is -2.99. The van der Waals surface area contributed by atoms with Crippen molar-refractivity contribution in [3.63, 3.8) is 0 Å². The molecule has 0 aliphatic rings. The second-order valence-corrected chi connectivity index (χ2v) is 6.59. The fourth-order valence-corrected chi connectivity index (χ4v) is 3.54. The lowest BCUT2D eigenvalue weighted by Crippen LogP contribution is -2.22. The number of methoxy groups -OCH3 is 1. The van der Waals surface area contributed by atoms with Crippen LogP contribution in [-0.4, -0.2) is 23.0 Å². The Bertz CT molecular complexity index is 1060. The van der Waals surface area contributed by atoms with Gasteiger partial charge in [0.1, 0.15) is 10.6 Å². The Morgan fingerprint density at radius 1 is 1.16 bits per heavy atom. The molecule has 1 N–H and O–H groups in total. The highest BCUT2D eigenvalue weighted by Gasteiger charge is 2.12. The molecule has 0 spiro atoms. The van der Waals surface area contributed by atoms with Crippen LogP contribution in [0.1, 0.15) is 15.4 Å². The number of hydrogen-bond donors (Lipinski definition) is 1. The summed E-state index contributed by atoms with van der Waals surface area (Å²) in [7, 11) is 1.63. The third-order valence-corrected chi connectivity index (χ3v) is 4.93. The summed E-state index contributed by atoms with van der Waals surface area (Å²) in [5, 5.41) is 4.88. The predicted molar refractivity (Wildman–Crippen MR) is 99.1 cm³/mol. The molecule has 3 aromatic heterocycles. The Balaban J connectivity index is 1.61. The Morgan fingerprint density at radius 2 is 2.08 bits per heavy atom. The number of thiophene rings is 1. The molecule has 4 aromatic rings. The minimum Gasteiger partial charge on any atom is -0.497 e. The van der Waals surface area contributed by atoms with Gasteiger partial charge in [-0.1, -0.05) is 6.07 Å². The number of carbonyl (C=O) groups is 1. The molecule has 25 heavy (non-hydrogen) atoms. The molecule has 0 bridgehead atoms. The lowest BCUT2D eigenvalue weighted by molar-refractivity contribution is 0.0954. The van der Waals surface area contributed by atoms with Gasteiger partial charge in [-0.25, -0.2) is 4.98 Å². The van der Waals surface area contributed by atoms with Gasteiger partial charge in [0.2, 0.25) is 0 Å². The van der Waals surface area contributed by atoms with Crippen LogP contribution in [0.15, 0.2) is 54.7 Å². The van der Waals surface area contributed by atoms with Crippen LogP contribution in [0.4, 0.5) is 0 Å². The summed E-state index contributed by atoms with van der Waals surface area (Å²) < 4.78 is 5.25. The molecule has 0 saturated heterocycles. The van der Waals surface area contributed by atoms with Gasteiger partial charge < -0.3 is 10.1 Å². The first-order valence-electron chi connectivity index (χ1n) is 7.79. The molecule has 124 valence electrons. The van der Waals surface area contributed by atoms with Gasteiger partial charge in [0.25, 0.3) is 5.91 Å². The van der Waals surface area contributed by atoms with Crippen molar-refractivity contribution in [2.45, 2.75) is 6.54 Å². The number of hydrogen-bond acceptors (Lipinski definition) is 5. The molecule has 0 aliphatic carbocycles. The van der Waals surface area contributed by atoms with Crippen molar-refractivity contribution < 1.29 is 9.53 Å². The van der Waals surface area contributed by atoms with Crippen LogP contribution in [0.3, 0.4) is 0 Å². The van der Waals surface area contributed by atoms with Crippen LogP contribution in [0.25, 0.3) is 21.1 Å². The van der Waals surface area contributed by atoms with E-state index in [9.17, 15) is 4.79 Å². The van der Waals surface area contributed by atoms with Gasteiger partial charge >= 0.3 is 0 Å². The summed E-state index contributed by atoms with van der Waals surface area (Å²) >= 11 is 1.38. The second kappa shape index (κ2) is 6.49. The maximum absolute atomic E-state index is 12.4. The lowest BCUT2D eigenvalue weighted by Gasteiger charge is -2.02. The molecule has 0 fully saturated rings. The zero-order chi connectivity index (χ0) is 17.2. The van der Waals surface area contributed by atoms with Crippen LogP contribution in [0.5, 0.6) is 5.75 Å². The first kappa shape index (κ1) is 15.5. The monoisotopic (exact) mass is 349 g/mol. The van der Waals surface area contributed by atoms with Gasteiger partial charge in [-0.15, -0.1) is 11.3 Å². The Labute approximate surface area is 148 Å². The van der Waals surface area contributed by atoms with Crippen molar-refractivity contribution >= 4 is 38.4 Å². The lowest BCUT2D eigenvalue weighted by atomic mass is 10.2. The molecule has 1 aromatic carbocycles. The molecule has 5 nitrogen and oxygen atoms in total. The summed E-state index contributed by atoms with van der Waals surface area (Å²) in [6.07, 6.45) is 1.71. The standard InChI is InChI=1S/C19H15N3O2S/c1-24-15-6-5-12-8-13-9-17(25-19(13)22-16(12)10-15)18(23)21-11-14-4-2-3-7-20-14/h2-10H,11H2,1H3,(H,21,23). The van der Waals surface area contributed by atoms with E-state index in [2.05, 4.69) is 15.3 Å². The molecular weight excluding hydrogens is 334 g/mol. The third kappa shape index (κ3) is 3.16. The summed E-state index contributed by atoms with van der Waals surface area (Å²) in [5.41, 5.74) is 1.68. The molecular formula is C19H15N3O2S. The molecule has 0 saturated carbocycles. The molecule has 0 aliphatic heterocycles. The van der Waals surface area contributed by atoms with E-state index in [1.807, 2.05) is 48.5 Å². The Kier molecular flexibility index (Phi) is 4.03. The van der Waals surface area contributed by atoms with Crippen molar-refractivity contribution in [1.29, 1.82) is 0 Å². The third-order valence-electron chi connectivity index (χ3n) is 3.89. The molecule has 0 unspecified atom stereocenters. The molecule has 0 radical (unpaired) electrons. The number of nitrogens with one attached hydrogen (secondary N) is 1. The van der Waals surface area contributed by atoms with Crippen molar-refractivity contribution in [2.75, 3.05) is 7.11 Å². The largest absolute Gasteiger partial charge is 0.497 e. The highest BCUT2D eigenvalue weighted by molar-refractivity contribution is 7.20. The van der Waals surface area contributed by atoms with Crippen molar-refractivity contribution in [2.24, 2.45) is 0 Å². The van der Waals surface area contributed by atoms with E-state index in [1.165, 1.54) is 11.3 Å². The number of aromatic nitrogens is 2. The SMILES string of the molecule is COc1ccc2cc3cc(C(=O)NCc4ccccn4)sc3nc2c1. The number of fused-ring (bicyclic) bond motifs is 2. The topological polar surface area (TPSA) is 64.1 Å². The van der Waals surface area contributed by atoms with E-state index < -0.39 is 0 Å². The summed E-state index contributed by atoms with van der Waals surface area (Å²) in [4.78, 5) is 22.7. The van der Waals surface area contributed by atoms with E-state index in [1.54, 1.807) is 13.3 Å². The number of amides is 1. The van der Waals surface area contributed by atoms with Gasteiger partial charge in [0, 0.05) is 23.0 Å².